The number of fused-ring (bicyclic) bond motifs is 2. The first-order valence-corrected chi connectivity index (χ1v) is 24.7. The van der Waals surface area contributed by atoms with E-state index in [1.807, 2.05) is 94.1 Å². The summed E-state index contributed by atoms with van der Waals surface area (Å²) in [5.41, 5.74) is 2.17. The lowest BCUT2D eigenvalue weighted by Crippen LogP contribution is -1.86. The zero-order valence-corrected chi connectivity index (χ0v) is 33.8. The Kier molecular flexibility index (Phi) is 14.6. The van der Waals surface area contributed by atoms with Crippen LogP contribution in [0.2, 0.25) is 0 Å². The van der Waals surface area contributed by atoms with Crippen LogP contribution in [-0.4, -0.2) is 44.5 Å². The van der Waals surface area contributed by atoms with Gasteiger partial charge >= 0.3 is 0 Å². The maximum atomic E-state index is 9.07. The quantitative estimate of drug-likeness (QED) is 0.0795. The van der Waals surface area contributed by atoms with Gasteiger partial charge in [0.25, 0.3) is 0 Å². The Labute approximate surface area is 319 Å². The normalized spacial score (nSPS) is 15.1. The van der Waals surface area contributed by atoms with E-state index in [-0.39, 0.29) is 0 Å². The minimum atomic E-state index is 0.540. The first kappa shape index (κ1) is 35.7. The molecule has 0 bridgehead atoms. The highest BCUT2D eigenvalue weighted by molar-refractivity contribution is 8.45. The molecule has 0 N–H and O–H groups in total. The van der Waals surface area contributed by atoms with E-state index >= 15 is 0 Å². The molecular weight excluding hydrogens is 801 g/mol. The largest absolute Gasteiger partial charge is 0.230 e. The van der Waals surface area contributed by atoms with Crippen molar-refractivity contribution < 1.29 is 0 Å². The van der Waals surface area contributed by atoms with Gasteiger partial charge in [-0.3, -0.25) is 0 Å². The second-order valence-electron chi connectivity index (χ2n) is 8.93. The molecule has 0 unspecified atom stereocenters. The second kappa shape index (κ2) is 18.8. The Hall–Kier alpha value is -0.0800. The van der Waals surface area contributed by atoms with Crippen molar-refractivity contribution >= 4 is 161 Å². The number of hydrogen-bond donors (Lipinski definition) is 0. The molecule has 0 fully saturated rings. The summed E-state index contributed by atoms with van der Waals surface area (Å²) in [7, 11) is 0. The van der Waals surface area contributed by atoms with Crippen molar-refractivity contribution in [2.45, 2.75) is 21.5 Å². The van der Waals surface area contributed by atoms with Crippen LogP contribution in [0.1, 0.15) is 12.8 Å². The van der Waals surface area contributed by atoms with Crippen molar-refractivity contribution in [3.05, 3.63) is 74.0 Å². The van der Waals surface area contributed by atoms with Gasteiger partial charge in [-0.25, -0.2) is 9.97 Å². The molecule has 4 nitrogen and oxygen atoms in total. The topological polar surface area (TPSA) is 73.4 Å². The highest BCUT2D eigenvalue weighted by atomic mass is 32.3. The molecule has 2 aromatic carbocycles. The lowest BCUT2D eigenvalue weighted by molar-refractivity contribution is 1.24. The first-order chi connectivity index (χ1) is 22.7. The lowest BCUT2D eigenvalue weighted by Gasteiger charge is -2.04. The van der Waals surface area contributed by atoms with Gasteiger partial charge in [0, 0.05) is 47.4 Å². The summed E-state index contributed by atoms with van der Waals surface area (Å²) in [6.45, 7) is 0. The number of rotatable bonds is 16. The summed E-state index contributed by atoms with van der Waals surface area (Å²) in [6.07, 6.45) is 1.08. The van der Waals surface area contributed by atoms with Gasteiger partial charge in [0.05, 0.1) is 58.0 Å². The molecule has 0 saturated heterocycles. The van der Waals surface area contributed by atoms with Crippen molar-refractivity contribution in [1.29, 1.82) is 10.5 Å². The van der Waals surface area contributed by atoms with Gasteiger partial charge in [-0.1, -0.05) is 94.8 Å². The molecule has 2 aliphatic heterocycles. The van der Waals surface area contributed by atoms with E-state index in [4.69, 9.17) is 20.5 Å². The molecule has 2 aromatic heterocycles. The SMILES string of the molecule is N#CCCSC1=C(SCCC#N)SC(=C2SC(SCCSc3nc4ccccc4s3)=C(SCCSc3nc4ccccc4s3)S2)S1. The zero-order chi connectivity index (χ0) is 31.6. The van der Waals surface area contributed by atoms with Crippen molar-refractivity contribution in [3.63, 3.8) is 0 Å². The van der Waals surface area contributed by atoms with Gasteiger partial charge in [0.15, 0.2) is 8.68 Å². The van der Waals surface area contributed by atoms with Crippen LogP contribution in [0.3, 0.4) is 0 Å². The van der Waals surface area contributed by atoms with E-state index in [1.165, 1.54) is 34.8 Å². The molecule has 0 radical (unpaired) electrons. The van der Waals surface area contributed by atoms with Crippen molar-refractivity contribution in [2.24, 2.45) is 0 Å². The van der Waals surface area contributed by atoms with Crippen molar-refractivity contribution in [1.82, 2.24) is 9.97 Å². The van der Waals surface area contributed by atoms with E-state index in [0.29, 0.717) is 12.8 Å². The molecular formula is C30H24N4S12. The molecule has 46 heavy (non-hydrogen) atoms. The molecule has 0 aliphatic carbocycles. The Morgan fingerprint density at radius 2 is 0.870 bits per heavy atom. The van der Waals surface area contributed by atoms with Crippen LogP contribution < -0.4 is 0 Å². The molecule has 0 saturated carbocycles. The molecule has 6 rings (SSSR count). The Morgan fingerprint density at radius 1 is 0.500 bits per heavy atom. The van der Waals surface area contributed by atoms with Crippen LogP contribution in [0.5, 0.6) is 0 Å². The van der Waals surface area contributed by atoms with Gasteiger partial charge in [0.2, 0.25) is 0 Å². The lowest BCUT2D eigenvalue weighted by atomic mass is 10.3. The van der Waals surface area contributed by atoms with E-state index < -0.39 is 0 Å². The van der Waals surface area contributed by atoms with Gasteiger partial charge in [-0.2, -0.15) is 10.5 Å². The van der Waals surface area contributed by atoms with Crippen LogP contribution >= 0.6 is 140 Å². The monoisotopic (exact) mass is 824 g/mol. The third-order valence-corrected chi connectivity index (χ3v) is 22.2. The van der Waals surface area contributed by atoms with Crippen LogP contribution in [0, 0.1) is 22.7 Å². The Morgan fingerprint density at radius 3 is 1.26 bits per heavy atom. The maximum absolute atomic E-state index is 9.07. The van der Waals surface area contributed by atoms with Gasteiger partial charge < -0.3 is 0 Å². The van der Waals surface area contributed by atoms with Gasteiger partial charge in [0.1, 0.15) is 0 Å². The molecule has 236 valence electrons. The summed E-state index contributed by atoms with van der Waals surface area (Å²) in [5.74, 6) is 5.68. The molecule has 4 heterocycles. The average molecular weight is 825 g/mol. The average Bonchev–Trinajstić information content (AvgIpc) is 3.86. The summed E-state index contributed by atoms with van der Waals surface area (Å²) >= 11 is 22.3. The Balaban J connectivity index is 1.09. The van der Waals surface area contributed by atoms with Crippen molar-refractivity contribution in [2.75, 3.05) is 34.5 Å². The smallest absolute Gasteiger partial charge is 0.151 e. The first-order valence-electron chi connectivity index (χ1n) is 13.9. The molecule has 0 amide bonds. The van der Waals surface area contributed by atoms with Crippen LogP contribution in [0.15, 0.2) is 82.6 Å². The molecule has 4 aromatic rings. The van der Waals surface area contributed by atoms with Crippen LogP contribution in [0.4, 0.5) is 0 Å². The number of para-hydroxylation sites is 2. The fourth-order valence-corrected chi connectivity index (χ4v) is 20.0. The second-order valence-corrected chi connectivity index (χ2v) is 23.7. The van der Waals surface area contributed by atoms with Gasteiger partial charge in [-0.05, 0) is 24.3 Å². The van der Waals surface area contributed by atoms with Crippen molar-refractivity contribution in [3.8, 4) is 12.1 Å². The van der Waals surface area contributed by atoms with E-state index in [1.54, 1.807) is 46.2 Å². The predicted octanol–water partition coefficient (Wildman–Crippen LogP) is 12.9. The number of thiazole rings is 2. The number of nitriles is 2. The fraction of sp³-hybridized carbons (Fsp3) is 0.267. The molecule has 0 spiro atoms. The summed E-state index contributed by atoms with van der Waals surface area (Å²) in [6, 6.07) is 21.3. The molecule has 2 aliphatic rings. The summed E-state index contributed by atoms with van der Waals surface area (Å²) < 4.78 is 12.8. The number of benzene rings is 2. The molecule has 0 atom stereocenters. The highest BCUT2D eigenvalue weighted by Gasteiger charge is 2.31. The minimum Gasteiger partial charge on any atom is -0.230 e. The fourth-order valence-electron chi connectivity index (χ4n) is 3.80. The molecule has 16 heteroatoms. The maximum Gasteiger partial charge on any atom is 0.151 e. The third kappa shape index (κ3) is 10.0. The predicted molar refractivity (Wildman–Crippen MR) is 222 cm³/mol. The van der Waals surface area contributed by atoms with E-state index in [9.17, 15) is 0 Å². The number of aromatic nitrogens is 2. The van der Waals surface area contributed by atoms with E-state index in [2.05, 4.69) is 60.7 Å². The standard InChI is InChI=1S/C30H24N4S12/c31-11-5-13-35-23-24(36-14-6-12-32)44-27(43-23)28-45-25(37-15-17-39-29-33-19-7-1-3-9-21(19)41-29)26(46-28)38-16-18-40-30-34-20-8-2-4-10-22(20)42-30/h1-4,7-10H,5-6,13-18H2. The van der Waals surface area contributed by atoms with Crippen LogP contribution in [0.25, 0.3) is 20.4 Å². The number of nitrogens with zero attached hydrogens (tertiary/aromatic N) is 4. The zero-order valence-electron chi connectivity index (χ0n) is 24.0. The third-order valence-electron chi connectivity index (χ3n) is 5.77. The highest BCUT2D eigenvalue weighted by Crippen LogP contribution is 2.66. The number of thioether (sulfide) groups is 10. The number of hydrogen-bond acceptors (Lipinski definition) is 16. The van der Waals surface area contributed by atoms with Gasteiger partial charge in [-0.15, -0.1) is 69.7 Å². The minimum absolute atomic E-state index is 0.540. The van der Waals surface area contributed by atoms with E-state index in [0.717, 1.165) is 54.2 Å². The van der Waals surface area contributed by atoms with Crippen LogP contribution in [-0.2, 0) is 0 Å². The summed E-state index contributed by atoms with van der Waals surface area (Å²) in [5, 5.41) is 18.1. The Bertz CT molecular complexity index is 1670. The summed E-state index contributed by atoms with van der Waals surface area (Å²) in [4.78, 5) is 9.60.